The average molecular weight is 287 g/mol. The maximum absolute atomic E-state index is 13.3. The van der Waals surface area contributed by atoms with Crippen LogP contribution in [0.25, 0.3) is 0 Å². The molecule has 0 amide bonds. The molecule has 106 valence electrons. The molecule has 6 heteroatoms. The molecule has 1 aromatic carbocycles. The Bertz CT molecular complexity index is 537. The largest absolute Gasteiger partial charge is 0.494 e. The lowest BCUT2D eigenvalue weighted by Gasteiger charge is -2.20. The standard InChI is InChI=1S/C13H18FNO3S/c1-18-13-10-11(6-7-12(13)14)19(16,17)15-8-4-2-3-5-9-15/h6-7,10H,2-5,8-9H2,1H3. The molecular weight excluding hydrogens is 269 g/mol. The summed E-state index contributed by atoms with van der Waals surface area (Å²) >= 11 is 0. The number of hydrogen-bond donors (Lipinski definition) is 0. The molecule has 0 spiro atoms. The van der Waals surface area contributed by atoms with Gasteiger partial charge in [-0.1, -0.05) is 12.8 Å². The first-order valence-electron chi connectivity index (χ1n) is 6.39. The summed E-state index contributed by atoms with van der Waals surface area (Å²) in [5.74, 6) is -0.604. The molecule has 0 saturated carbocycles. The molecule has 4 nitrogen and oxygen atoms in total. The van der Waals surface area contributed by atoms with Crippen LogP contribution in [0, 0.1) is 5.82 Å². The molecule has 1 aromatic rings. The van der Waals surface area contributed by atoms with Crippen LogP contribution in [0.1, 0.15) is 25.7 Å². The first-order valence-corrected chi connectivity index (χ1v) is 7.83. The van der Waals surface area contributed by atoms with Crippen LogP contribution in [0.2, 0.25) is 0 Å². The lowest BCUT2D eigenvalue weighted by atomic mass is 10.2. The van der Waals surface area contributed by atoms with Gasteiger partial charge in [-0.3, -0.25) is 0 Å². The van der Waals surface area contributed by atoms with Crippen molar-refractivity contribution in [2.24, 2.45) is 0 Å². The highest BCUT2D eigenvalue weighted by atomic mass is 32.2. The van der Waals surface area contributed by atoms with Gasteiger partial charge >= 0.3 is 0 Å². The number of hydrogen-bond acceptors (Lipinski definition) is 3. The van der Waals surface area contributed by atoms with Crippen molar-refractivity contribution in [1.29, 1.82) is 0 Å². The van der Waals surface area contributed by atoms with E-state index >= 15 is 0 Å². The van der Waals surface area contributed by atoms with Crippen LogP contribution in [-0.4, -0.2) is 32.9 Å². The minimum absolute atomic E-state index is 0.0455. The van der Waals surface area contributed by atoms with Gasteiger partial charge in [0.15, 0.2) is 11.6 Å². The van der Waals surface area contributed by atoms with Crippen LogP contribution in [0.15, 0.2) is 23.1 Å². The Morgan fingerprint density at radius 2 is 1.79 bits per heavy atom. The summed E-state index contributed by atoms with van der Waals surface area (Å²) < 4.78 is 44.6. The molecule has 0 radical (unpaired) electrons. The molecule has 1 fully saturated rings. The number of halogens is 1. The fraction of sp³-hybridized carbons (Fsp3) is 0.538. The fourth-order valence-electron chi connectivity index (χ4n) is 2.23. The first kappa shape index (κ1) is 14.3. The van der Waals surface area contributed by atoms with Gasteiger partial charge in [-0.2, -0.15) is 4.31 Å². The molecule has 0 aromatic heterocycles. The summed E-state index contributed by atoms with van der Waals surface area (Å²) in [7, 11) is -2.23. The normalized spacial score (nSPS) is 18.0. The Morgan fingerprint density at radius 1 is 1.16 bits per heavy atom. The quantitative estimate of drug-likeness (QED) is 0.857. The number of ether oxygens (including phenoxy) is 1. The highest BCUT2D eigenvalue weighted by Gasteiger charge is 2.26. The van der Waals surface area contributed by atoms with Gasteiger partial charge in [0.25, 0.3) is 0 Å². The summed E-state index contributed by atoms with van der Waals surface area (Å²) in [5, 5.41) is 0. The van der Waals surface area contributed by atoms with Gasteiger partial charge in [0.1, 0.15) is 0 Å². The number of rotatable bonds is 3. The van der Waals surface area contributed by atoms with E-state index in [0.29, 0.717) is 13.1 Å². The summed E-state index contributed by atoms with van der Waals surface area (Å²) in [4.78, 5) is 0.0904. The molecule has 1 heterocycles. The maximum Gasteiger partial charge on any atom is 0.243 e. The summed E-state index contributed by atoms with van der Waals surface area (Å²) in [6.07, 6.45) is 3.85. The zero-order valence-electron chi connectivity index (χ0n) is 10.9. The molecule has 0 unspecified atom stereocenters. The Balaban J connectivity index is 2.32. The van der Waals surface area contributed by atoms with E-state index in [1.54, 1.807) is 0 Å². The second-order valence-corrected chi connectivity index (χ2v) is 6.55. The van der Waals surface area contributed by atoms with Crippen molar-refractivity contribution in [2.45, 2.75) is 30.6 Å². The van der Waals surface area contributed by atoms with Crippen molar-refractivity contribution in [3.05, 3.63) is 24.0 Å². The highest BCUT2D eigenvalue weighted by Crippen LogP contribution is 2.25. The van der Waals surface area contributed by atoms with E-state index < -0.39 is 15.8 Å². The Hall–Kier alpha value is -1.14. The predicted octanol–water partition coefficient (Wildman–Crippen LogP) is 2.40. The van der Waals surface area contributed by atoms with Crippen molar-refractivity contribution in [1.82, 2.24) is 4.31 Å². The Morgan fingerprint density at radius 3 is 2.37 bits per heavy atom. The predicted molar refractivity (Wildman–Crippen MR) is 70.2 cm³/mol. The second kappa shape index (κ2) is 5.88. The third kappa shape index (κ3) is 3.06. The van der Waals surface area contributed by atoms with Crippen LogP contribution in [-0.2, 0) is 10.0 Å². The third-order valence-electron chi connectivity index (χ3n) is 3.33. The third-order valence-corrected chi connectivity index (χ3v) is 5.22. The zero-order chi connectivity index (χ0) is 13.9. The van der Waals surface area contributed by atoms with E-state index in [-0.39, 0.29) is 10.6 Å². The van der Waals surface area contributed by atoms with E-state index in [4.69, 9.17) is 4.74 Å². The van der Waals surface area contributed by atoms with Crippen molar-refractivity contribution in [3.63, 3.8) is 0 Å². The molecule has 1 aliphatic heterocycles. The van der Waals surface area contributed by atoms with Gasteiger partial charge in [-0.15, -0.1) is 0 Å². The Kier molecular flexibility index (Phi) is 4.42. The van der Waals surface area contributed by atoms with Gasteiger partial charge in [-0.25, -0.2) is 12.8 Å². The van der Waals surface area contributed by atoms with Gasteiger partial charge in [0, 0.05) is 19.2 Å². The van der Waals surface area contributed by atoms with Crippen LogP contribution in [0.3, 0.4) is 0 Å². The van der Waals surface area contributed by atoms with Crippen LogP contribution in [0.4, 0.5) is 4.39 Å². The highest BCUT2D eigenvalue weighted by molar-refractivity contribution is 7.89. The summed E-state index contributed by atoms with van der Waals surface area (Å²) in [6, 6.07) is 3.66. The summed E-state index contributed by atoms with van der Waals surface area (Å²) in [5.41, 5.74) is 0. The number of methoxy groups -OCH3 is 1. The fourth-order valence-corrected chi connectivity index (χ4v) is 3.76. The van der Waals surface area contributed by atoms with Crippen LogP contribution >= 0.6 is 0 Å². The SMILES string of the molecule is COc1cc(S(=O)(=O)N2CCCCCC2)ccc1F. The molecule has 0 N–H and O–H groups in total. The monoisotopic (exact) mass is 287 g/mol. The van der Waals surface area contributed by atoms with Gasteiger partial charge < -0.3 is 4.74 Å². The molecule has 0 bridgehead atoms. The van der Waals surface area contributed by atoms with Crippen molar-refractivity contribution in [3.8, 4) is 5.75 Å². The van der Waals surface area contributed by atoms with Crippen molar-refractivity contribution in [2.75, 3.05) is 20.2 Å². The van der Waals surface area contributed by atoms with Crippen molar-refractivity contribution >= 4 is 10.0 Å². The van der Waals surface area contributed by atoms with Gasteiger partial charge in [0.05, 0.1) is 12.0 Å². The number of nitrogens with zero attached hydrogens (tertiary/aromatic N) is 1. The lowest BCUT2D eigenvalue weighted by molar-refractivity contribution is 0.383. The van der Waals surface area contributed by atoms with E-state index in [9.17, 15) is 12.8 Å². The minimum atomic E-state index is -3.55. The smallest absolute Gasteiger partial charge is 0.243 e. The molecule has 0 aliphatic carbocycles. The lowest BCUT2D eigenvalue weighted by Crippen LogP contribution is -2.31. The number of benzene rings is 1. The average Bonchev–Trinajstić information content (AvgIpc) is 2.68. The van der Waals surface area contributed by atoms with Crippen LogP contribution < -0.4 is 4.74 Å². The van der Waals surface area contributed by atoms with Gasteiger partial charge in [-0.05, 0) is 25.0 Å². The maximum atomic E-state index is 13.3. The van der Waals surface area contributed by atoms with E-state index in [2.05, 4.69) is 0 Å². The first-order chi connectivity index (χ1) is 9.05. The zero-order valence-corrected chi connectivity index (χ0v) is 11.7. The van der Waals surface area contributed by atoms with E-state index in [0.717, 1.165) is 31.7 Å². The molecule has 19 heavy (non-hydrogen) atoms. The molecule has 2 rings (SSSR count). The second-order valence-electron chi connectivity index (χ2n) is 4.61. The van der Waals surface area contributed by atoms with Gasteiger partial charge in [0.2, 0.25) is 10.0 Å². The van der Waals surface area contributed by atoms with E-state index in [1.165, 1.54) is 23.5 Å². The molecule has 1 aliphatic rings. The van der Waals surface area contributed by atoms with Crippen molar-refractivity contribution < 1.29 is 17.5 Å². The topological polar surface area (TPSA) is 46.6 Å². The van der Waals surface area contributed by atoms with Crippen LogP contribution in [0.5, 0.6) is 5.75 Å². The molecule has 0 atom stereocenters. The molecule has 1 saturated heterocycles. The van der Waals surface area contributed by atoms with E-state index in [1.807, 2.05) is 0 Å². The Labute approximate surface area is 113 Å². The summed E-state index contributed by atoms with van der Waals surface area (Å²) in [6.45, 7) is 1.06. The minimum Gasteiger partial charge on any atom is -0.494 e. The molecular formula is C13H18FNO3S. The number of sulfonamides is 1.